The van der Waals surface area contributed by atoms with Gasteiger partial charge in [0.1, 0.15) is 17.5 Å². The van der Waals surface area contributed by atoms with Crippen LogP contribution in [-0.2, 0) is 19.2 Å². The number of carbonyl (C=O) groups excluding carboxylic acids is 4. The second kappa shape index (κ2) is 7.60. The number of rotatable bonds is 7. The van der Waals surface area contributed by atoms with Gasteiger partial charge >= 0.3 is 0 Å². The second-order valence-electron chi connectivity index (χ2n) is 7.58. The summed E-state index contributed by atoms with van der Waals surface area (Å²) in [4.78, 5) is 45.9. The first-order valence-corrected chi connectivity index (χ1v) is 8.83. The molecule has 1 N–H and O–H groups in total. The molecule has 0 aromatic rings. The number of allylic oxidation sites excluding steroid dienone is 1. The Hall–Kier alpha value is -1.82. The summed E-state index contributed by atoms with van der Waals surface area (Å²) in [6.45, 7) is 3.63. The maximum atomic E-state index is 12.3. The highest BCUT2D eigenvalue weighted by atomic mass is 16.4. The van der Waals surface area contributed by atoms with E-state index in [9.17, 15) is 29.4 Å². The molecule has 0 aliphatic heterocycles. The lowest BCUT2D eigenvalue weighted by Gasteiger charge is -2.42. The predicted molar refractivity (Wildman–Crippen MR) is 87.1 cm³/mol. The third-order valence-corrected chi connectivity index (χ3v) is 6.12. The molecule has 25 heavy (non-hydrogen) atoms. The van der Waals surface area contributed by atoms with Crippen molar-refractivity contribution in [2.24, 2.45) is 23.2 Å². The van der Waals surface area contributed by atoms with Gasteiger partial charge in [0.25, 0.3) is 0 Å². The summed E-state index contributed by atoms with van der Waals surface area (Å²) in [6, 6.07) is 0. The molecule has 0 unspecified atom stereocenters. The van der Waals surface area contributed by atoms with Crippen LogP contribution >= 0.6 is 0 Å². The van der Waals surface area contributed by atoms with Crippen LogP contribution in [0.1, 0.15) is 52.4 Å². The fourth-order valence-electron chi connectivity index (χ4n) is 4.35. The number of hydrogen-bond donors (Lipinski definition) is 1. The number of aliphatic hydroxyl groups excluding tert-OH is 1. The van der Waals surface area contributed by atoms with Gasteiger partial charge in [0.15, 0.2) is 0 Å². The maximum Gasteiger partial charge on any atom is 0.200 e. The van der Waals surface area contributed by atoms with Gasteiger partial charge in [0.05, 0.1) is 6.10 Å². The van der Waals surface area contributed by atoms with E-state index in [2.05, 4.69) is 0 Å². The molecule has 2 saturated carbocycles. The van der Waals surface area contributed by atoms with Crippen LogP contribution in [0.5, 0.6) is 0 Å². The third kappa shape index (κ3) is 4.06. The number of carboxylic acids is 1. The lowest BCUT2D eigenvalue weighted by Crippen LogP contribution is -2.43. The number of carboxylic acid groups (broad SMARTS) is 1. The van der Waals surface area contributed by atoms with Gasteiger partial charge in [-0.1, -0.05) is 19.9 Å². The van der Waals surface area contributed by atoms with Gasteiger partial charge in [0, 0.05) is 24.7 Å². The summed E-state index contributed by atoms with van der Waals surface area (Å²) < 4.78 is 0. The van der Waals surface area contributed by atoms with E-state index >= 15 is 0 Å². The van der Waals surface area contributed by atoms with Gasteiger partial charge in [-0.2, -0.15) is 0 Å². The van der Waals surface area contributed by atoms with Crippen molar-refractivity contribution in [1.29, 1.82) is 0 Å². The van der Waals surface area contributed by atoms with Crippen LogP contribution in [-0.4, -0.2) is 34.5 Å². The molecule has 0 amide bonds. The third-order valence-electron chi connectivity index (χ3n) is 6.12. The number of ketones is 3. The number of hydrogen-bond acceptors (Lipinski definition) is 6. The number of aliphatic hydroxyl groups is 1. The Kier molecular flexibility index (Phi) is 5.93. The van der Waals surface area contributed by atoms with E-state index in [1.54, 1.807) is 6.92 Å². The van der Waals surface area contributed by atoms with Crippen molar-refractivity contribution in [3.63, 3.8) is 0 Å². The molecular formula is C19H25O6-. The fraction of sp³-hybridized carbons (Fsp3) is 0.684. The monoisotopic (exact) mass is 349 g/mol. The number of Topliss-reactive ketones (excluding diaryl/α,β-unsaturated/α-hetero) is 2. The fourth-order valence-corrected chi connectivity index (χ4v) is 4.35. The standard InChI is InChI=1S/C19H26O6/c1-11(3-6-16(22)18(24)25)14(20)7-4-12-13-5-8-17(23)19(13,2)10-9-15(12)21/h3,6,11-13,17,23H,4-5,7-10H2,1-2H3,(H,24,25)/p-1/b6-3+/t11-,12-,13-,17+,19+/m1/s1. The van der Waals surface area contributed by atoms with Gasteiger partial charge in [-0.3, -0.25) is 14.4 Å². The average molecular weight is 349 g/mol. The predicted octanol–water partition coefficient (Wildman–Crippen LogP) is 0.603. The summed E-state index contributed by atoms with van der Waals surface area (Å²) in [5, 5.41) is 20.6. The summed E-state index contributed by atoms with van der Waals surface area (Å²) in [6.07, 6.45) is 5.00. The molecule has 2 aliphatic rings. The number of aliphatic carboxylic acids is 1. The molecule has 0 bridgehead atoms. The first-order valence-electron chi connectivity index (χ1n) is 8.83. The number of carbonyl (C=O) groups is 4. The SMILES string of the molecule is C[C@H](/C=C/C(=O)C(=O)[O-])C(=O)CC[C@H]1C(=O)CC[C@@]2(C)[C@@H]1CC[C@@H]2O. The van der Waals surface area contributed by atoms with E-state index in [4.69, 9.17) is 0 Å². The molecule has 2 rings (SSSR count). The minimum Gasteiger partial charge on any atom is -0.541 e. The van der Waals surface area contributed by atoms with E-state index < -0.39 is 17.7 Å². The van der Waals surface area contributed by atoms with Crippen molar-refractivity contribution >= 4 is 23.3 Å². The lowest BCUT2D eigenvalue weighted by atomic mass is 9.62. The highest BCUT2D eigenvalue weighted by molar-refractivity contribution is 6.36. The van der Waals surface area contributed by atoms with Gasteiger partial charge in [0.2, 0.25) is 5.78 Å². The minimum absolute atomic E-state index is 0.113. The first kappa shape index (κ1) is 19.5. The van der Waals surface area contributed by atoms with Gasteiger partial charge < -0.3 is 15.0 Å². The summed E-state index contributed by atoms with van der Waals surface area (Å²) >= 11 is 0. The Labute approximate surface area is 147 Å². The van der Waals surface area contributed by atoms with Crippen LogP contribution in [0.15, 0.2) is 12.2 Å². The van der Waals surface area contributed by atoms with Crippen molar-refractivity contribution in [3.05, 3.63) is 12.2 Å². The average Bonchev–Trinajstić information content (AvgIpc) is 2.87. The van der Waals surface area contributed by atoms with E-state index in [-0.39, 0.29) is 41.3 Å². The van der Waals surface area contributed by atoms with Crippen molar-refractivity contribution in [1.82, 2.24) is 0 Å². The number of fused-ring (bicyclic) bond motifs is 1. The molecule has 138 valence electrons. The second-order valence-corrected chi connectivity index (χ2v) is 7.58. The van der Waals surface area contributed by atoms with Crippen LogP contribution < -0.4 is 5.11 Å². The normalized spacial score (nSPS) is 33.2. The maximum absolute atomic E-state index is 12.3. The summed E-state index contributed by atoms with van der Waals surface area (Å²) in [5.74, 6) is -3.63. The van der Waals surface area contributed by atoms with Crippen LogP contribution in [0.2, 0.25) is 0 Å². The smallest absolute Gasteiger partial charge is 0.200 e. The molecule has 0 saturated heterocycles. The van der Waals surface area contributed by atoms with Gasteiger partial charge in [-0.15, -0.1) is 0 Å². The Morgan fingerprint density at radius 3 is 2.68 bits per heavy atom. The quantitative estimate of drug-likeness (QED) is 0.532. The highest BCUT2D eigenvalue weighted by Crippen LogP contribution is 2.54. The van der Waals surface area contributed by atoms with E-state index in [0.717, 1.165) is 12.5 Å². The zero-order chi connectivity index (χ0) is 18.8. The molecule has 0 aromatic heterocycles. The van der Waals surface area contributed by atoms with E-state index in [1.165, 1.54) is 6.08 Å². The zero-order valence-corrected chi connectivity index (χ0v) is 14.7. The molecule has 0 radical (unpaired) electrons. The largest absolute Gasteiger partial charge is 0.541 e. The van der Waals surface area contributed by atoms with E-state index in [0.29, 0.717) is 25.7 Å². The van der Waals surface area contributed by atoms with Crippen LogP contribution in [0.4, 0.5) is 0 Å². The highest BCUT2D eigenvalue weighted by Gasteiger charge is 2.53. The first-order chi connectivity index (χ1) is 11.7. The lowest BCUT2D eigenvalue weighted by molar-refractivity contribution is -0.299. The van der Waals surface area contributed by atoms with Crippen LogP contribution in [0, 0.1) is 23.2 Å². The van der Waals surface area contributed by atoms with Crippen molar-refractivity contribution < 1.29 is 29.4 Å². The molecule has 5 atom stereocenters. The van der Waals surface area contributed by atoms with Gasteiger partial charge in [-0.05, 0) is 43.1 Å². The molecule has 0 heterocycles. The van der Waals surface area contributed by atoms with Crippen LogP contribution in [0.25, 0.3) is 0 Å². The molecule has 2 fully saturated rings. The van der Waals surface area contributed by atoms with Gasteiger partial charge in [-0.25, -0.2) is 0 Å². The molecule has 2 aliphatic carbocycles. The Balaban J connectivity index is 1.95. The molecule has 6 nitrogen and oxygen atoms in total. The molecule has 6 heteroatoms. The minimum atomic E-state index is -1.80. The topological polar surface area (TPSA) is 112 Å². The summed E-state index contributed by atoms with van der Waals surface area (Å²) in [5.41, 5.74) is -0.242. The Bertz CT molecular complexity index is 607. The summed E-state index contributed by atoms with van der Waals surface area (Å²) in [7, 11) is 0. The molecular weight excluding hydrogens is 324 g/mol. The van der Waals surface area contributed by atoms with Crippen molar-refractivity contribution in [2.45, 2.75) is 58.5 Å². The van der Waals surface area contributed by atoms with Crippen molar-refractivity contribution in [2.75, 3.05) is 0 Å². The van der Waals surface area contributed by atoms with Crippen molar-refractivity contribution in [3.8, 4) is 0 Å². The Morgan fingerprint density at radius 1 is 1.36 bits per heavy atom. The molecule has 0 spiro atoms. The van der Waals surface area contributed by atoms with E-state index in [1.807, 2.05) is 6.92 Å². The molecule has 0 aromatic carbocycles. The van der Waals surface area contributed by atoms with Crippen LogP contribution in [0.3, 0.4) is 0 Å². The Morgan fingerprint density at radius 2 is 2.04 bits per heavy atom. The zero-order valence-electron chi connectivity index (χ0n) is 14.7.